The monoisotopic (exact) mass is 450 g/mol. The predicted octanol–water partition coefficient (Wildman–Crippen LogP) is 3.26. The van der Waals surface area contributed by atoms with Crippen molar-refractivity contribution in [3.63, 3.8) is 0 Å². The van der Waals surface area contributed by atoms with Crippen LogP contribution in [0.5, 0.6) is 0 Å². The second-order valence-electron chi connectivity index (χ2n) is 9.08. The molecule has 2 aliphatic heterocycles. The maximum atomic E-state index is 13.1. The van der Waals surface area contributed by atoms with Crippen LogP contribution in [-0.2, 0) is 0 Å². The lowest BCUT2D eigenvalue weighted by Crippen LogP contribution is -2.54. The smallest absolute Gasteiger partial charge is 0.261 e. The van der Waals surface area contributed by atoms with Crippen molar-refractivity contribution in [3.8, 4) is 0 Å². The molecule has 1 N–H and O–H groups in total. The second-order valence-corrected chi connectivity index (χ2v) is 9.47. The number of rotatable bonds is 4. The zero-order chi connectivity index (χ0) is 22.1. The number of nitrogens with zero attached hydrogens (tertiary/aromatic N) is 3. The van der Waals surface area contributed by atoms with Gasteiger partial charge in [-0.1, -0.05) is 43.5 Å². The van der Waals surface area contributed by atoms with Gasteiger partial charge in [-0.05, 0) is 42.6 Å². The maximum Gasteiger partial charge on any atom is 0.261 e. The highest BCUT2D eigenvalue weighted by Crippen LogP contribution is 2.29. The van der Waals surface area contributed by atoms with Crippen LogP contribution in [0.1, 0.15) is 52.8 Å². The molecule has 1 saturated carbocycles. The van der Waals surface area contributed by atoms with E-state index in [1.54, 1.807) is 0 Å². The van der Waals surface area contributed by atoms with Crippen molar-refractivity contribution in [2.75, 3.05) is 39.3 Å². The Morgan fingerprint density at radius 2 is 1.50 bits per heavy atom. The molecule has 6 nitrogen and oxygen atoms in total. The summed E-state index contributed by atoms with van der Waals surface area (Å²) in [5.41, 5.74) is 1.25. The van der Waals surface area contributed by atoms with Gasteiger partial charge in [0.15, 0.2) is 5.11 Å². The van der Waals surface area contributed by atoms with Gasteiger partial charge in [0.05, 0.1) is 0 Å². The van der Waals surface area contributed by atoms with Crippen molar-refractivity contribution in [3.05, 3.63) is 47.5 Å². The van der Waals surface area contributed by atoms with Gasteiger partial charge in [0.1, 0.15) is 0 Å². The van der Waals surface area contributed by atoms with Crippen molar-refractivity contribution >= 4 is 39.9 Å². The largest absolute Gasteiger partial charge is 0.360 e. The summed E-state index contributed by atoms with van der Waals surface area (Å²) in [4.78, 5) is 32.1. The summed E-state index contributed by atoms with van der Waals surface area (Å²) in [6, 6.07) is 11.8. The van der Waals surface area contributed by atoms with Crippen LogP contribution in [0.25, 0.3) is 10.8 Å². The quantitative estimate of drug-likeness (QED) is 0.570. The summed E-state index contributed by atoms with van der Waals surface area (Å²) in [6.45, 7) is 4.62. The second kappa shape index (κ2) is 9.16. The highest BCUT2D eigenvalue weighted by Gasteiger charge is 2.33. The van der Waals surface area contributed by atoms with Gasteiger partial charge in [0, 0.05) is 61.8 Å². The molecule has 5 rings (SSSR count). The highest BCUT2D eigenvalue weighted by molar-refractivity contribution is 7.80. The number of hydrogen-bond donors (Lipinski definition) is 1. The topological polar surface area (TPSA) is 55.9 Å². The van der Waals surface area contributed by atoms with Gasteiger partial charge in [-0.25, -0.2) is 0 Å². The molecule has 0 atom stereocenters. The molecule has 2 aromatic carbocycles. The lowest BCUT2D eigenvalue weighted by Gasteiger charge is -2.38. The molecule has 2 amide bonds. The molecule has 3 aliphatic rings. The Morgan fingerprint density at radius 1 is 0.875 bits per heavy atom. The van der Waals surface area contributed by atoms with Crippen LogP contribution in [0.3, 0.4) is 0 Å². The fourth-order valence-electron chi connectivity index (χ4n) is 5.21. The minimum absolute atomic E-state index is 0.184. The average molecular weight is 451 g/mol. The summed E-state index contributed by atoms with van der Waals surface area (Å²) in [6.07, 6.45) is 6.36. The molecule has 168 valence electrons. The number of carbonyl (C=O) groups excluding carboxylic acids is 2. The number of thiocarbonyl (C=S) groups is 1. The van der Waals surface area contributed by atoms with E-state index in [-0.39, 0.29) is 11.8 Å². The fourth-order valence-corrected chi connectivity index (χ4v) is 5.56. The first-order valence-corrected chi connectivity index (χ1v) is 12.2. The van der Waals surface area contributed by atoms with Gasteiger partial charge in [-0.2, -0.15) is 0 Å². The summed E-state index contributed by atoms with van der Waals surface area (Å²) < 4.78 is 0. The van der Waals surface area contributed by atoms with Crippen LogP contribution >= 0.6 is 12.2 Å². The maximum absolute atomic E-state index is 13.1. The van der Waals surface area contributed by atoms with Crippen LogP contribution < -0.4 is 5.32 Å². The third kappa shape index (κ3) is 4.11. The van der Waals surface area contributed by atoms with E-state index in [4.69, 9.17) is 12.2 Å². The first-order chi connectivity index (χ1) is 15.6. The van der Waals surface area contributed by atoms with Gasteiger partial charge >= 0.3 is 0 Å². The number of hydrogen-bond acceptors (Lipinski definition) is 4. The molecule has 7 heteroatoms. The molecule has 2 fully saturated rings. The number of carbonyl (C=O) groups is 2. The highest BCUT2D eigenvalue weighted by atomic mass is 32.1. The molecule has 0 spiro atoms. The van der Waals surface area contributed by atoms with Crippen LogP contribution in [0.15, 0.2) is 36.4 Å². The van der Waals surface area contributed by atoms with Crippen LogP contribution in [-0.4, -0.2) is 76.9 Å². The van der Waals surface area contributed by atoms with E-state index < -0.39 is 0 Å². The summed E-state index contributed by atoms with van der Waals surface area (Å²) in [5, 5.41) is 6.16. The molecule has 2 aromatic rings. The summed E-state index contributed by atoms with van der Waals surface area (Å²) in [7, 11) is 0. The Morgan fingerprint density at radius 3 is 2.12 bits per heavy atom. The van der Waals surface area contributed by atoms with Gasteiger partial charge in [-0.3, -0.25) is 19.4 Å². The van der Waals surface area contributed by atoms with Crippen molar-refractivity contribution in [1.29, 1.82) is 0 Å². The zero-order valence-corrected chi connectivity index (χ0v) is 19.2. The van der Waals surface area contributed by atoms with Gasteiger partial charge in [0.25, 0.3) is 11.8 Å². The zero-order valence-electron chi connectivity index (χ0n) is 18.4. The van der Waals surface area contributed by atoms with Crippen LogP contribution in [0.4, 0.5) is 0 Å². The van der Waals surface area contributed by atoms with E-state index in [1.165, 1.54) is 37.0 Å². The Balaban J connectivity index is 1.16. The summed E-state index contributed by atoms with van der Waals surface area (Å²) >= 11 is 5.66. The number of nitrogens with one attached hydrogen (secondary N) is 1. The minimum atomic E-state index is -0.184. The van der Waals surface area contributed by atoms with Crippen molar-refractivity contribution in [2.24, 2.45) is 0 Å². The summed E-state index contributed by atoms with van der Waals surface area (Å²) in [5.74, 6) is -0.369. The molecule has 0 unspecified atom stereocenters. The first-order valence-electron chi connectivity index (χ1n) is 11.8. The molecular formula is C25H30N4O2S. The Hall–Kier alpha value is -2.51. The SMILES string of the molecule is O=C1c2cccc3cccc(c23)C(=O)N1CCN1CCN(C(=S)NC2CCCCC2)CC1. The first kappa shape index (κ1) is 21.3. The Bertz CT molecular complexity index is 991. The van der Waals surface area contributed by atoms with E-state index in [0.29, 0.717) is 30.3 Å². The van der Waals surface area contributed by atoms with Gasteiger partial charge in [0.2, 0.25) is 0 Å². The Labute approximate surface area is 194 Å². The molecule has 32 heavy (non-hydrogen) atoms. The predicted molar refractivity (Wildman–Crippen MR) is 130 cm³/mol. The van der Waals surface area contributed by atoms with Gasteiger partial charge in [-0.15, -0.1) is 0 Å². The number of imide groups is 1. The van der Waals surface area contributed by atoms with E-state index in [2.05, 4.69) is 15.1 Å². The molecular weight excluding hydrogens is 420 g/mol. The van der Waals surface area contributed by atoms with Gasteiger partial charge < -0.3 is 10.2 Å². The molecule has 0 bridgehead atoms. The third-order valence-corrected chi connectivity index (χ3v) is 7.46. The average Bonchev–Trinajstić information content (AvgIpc) is 2.83. The fraction of sp³-hybridized carbons (Fsp3) is 0.480. The van der Waals surface area contributed by atoms with Crippen LogP contribution in [0.2, 0.25) is 0 Å². The molecule has 1 aliphatic carbocycles. The van der Waals surface area contributed by atoms with E-state index >= 15 is 0 Å². The number of amides is 2. The normalized spacial score (nSPS) is 20.1. The molecule has 0 aromatic heterocycles. The molecule has 1 saturated heterocycles. The lowest BCUT2D eigenvalue weighted by molar-refractivity contribution is 0.0583. The Kier molecular flexibility index (Phi) is 6.11. The van der Waals surface area contributed by atoms with E-state index in [1.807, 2.05) is 36.4 Å². The third-order valence-electron chi connectivity index (χ3n) is 7.09. The van der Waals surface area contributed by atoms with Crippen molar-refractivity contribution in [1.82, 2.24) is 20.0 Å². The minimum Gasteiger partial charge on any atom is -0.360 e. The van der Waals surface area contributed by atoms with E-state index in [9.17, 15) is 9.59 Å². The number of piperazine rings is 1. The van der Waals surface area contributed by atoms with Crippen molar-refractivity contribution < 1.29 is 9.59 Å². The van der Waals surface area contributed by atoms with Crippen LogP contribution in [0, 0.1) is 0 Å². The van der Waals surface area contributed by atoms with Crippen molar-refractivity contribution in [2.45, 2.75) is 38.1 Å². The standard InChI is InChI=1S/C25H30N4O2S/c30-23-20-10-4-6-18-7-5-11-21(22(18)20)24(31)29(23)17-14-27-12-15-28(16-13-27)25(32)26-19-8-2-1-3-9-19/h4-7,10-11,19H,1-3,8-9,12-17H2,(H,26,32). The number of benzene rings is 2. The lowest BCUT2D eigenvalue weighted by atomic mass is 9.94. The molecule has 0 radical (unpaired) electrons. The van der Waals surface area contributed by atoms with E-state index in [0.717, 1.165) is 42.1 Å². The molecule has 2 heterocycles.